The second-order valence-corrected chi connectivity index (χ2v) is 4.74. The molecule has 0 radical (unpaired) electrons. The van der Waals surface area contributed by atoms with Gasteiger partial charge in [0.15, 0.2) is 17.3 Å². The molecule has 20 heavy (non-hydrogen) atoms. The maximum absolute atomic E-state index is 5.82. The van der Waals surface area contributed by atoms with Gasteiger partial charge in [-0.1, -0.05) is 31.2 Å². The van der Waals surface area contributed by atoms with E-state index in [1.807, 2.05) is 24.3 Å². The Hall–Kier alpha value is -2.24. The summed E-state index contributed by atoms with van der Waals surface area (Å²) in [6.07, 6.45) is 0. The fourth-order valence-corrected chi connectivity index (χ4v) is 2.07. The number of hydrogen-bond donors (Lipinski definition) is 1. The van der Waals surface area contributed by atoms with Crippen molar-refractivity contribution in [3.8, 4) is 11.5 Å². The summed E-state index contributed by atoms with van der Waals surface area (Å²) in [5.74, 6) is 2.19. The minimum absolute atomic E-state index is 0.274. The first-order chi connectivity index (χ1) is 9.63. The molecule has 1 aromatic heterocycles. The van der Waals surface area contributed by atoms with E-state index in [0.29, 0.717) is 24.7 Å². The van der Waals surface area contributed by atoms with Crippen LogP contribution in [0.15, 0.2) is 24.3 Å². The fourth-order valence-electron chi connectivity index (χ4n) is 2.07. The van der Waals surface area contributed by atoms with E-state index >= 15 is 0 Å². The number of para-hydroxylation sites is 2. The fraction of sp³-hybridized carbons (Fsp3) is 0.429. The molecular weight excluding hydrogens is 256 g/mol. The number of anilines is 1. The molecule has 2 aromatic rings. The number of benzene rings is 1. The summed E-state index contributed by atoms with van der Waals surface area (Å²) >= 11 is 0. The van der Waals surface area contributed by atoms with Crippen molar-refractivity contribution in [2.24, 2.45) is 0 Å². The molecule has 0 saturated heterocycles. The van der Waals surface area contributed by atoms with Gasteiger partial charge in [0.1, 0.15) is 6.61 Å². The van der Waals surface area contributed by atoms with Gasteiger partial charge in [-0.15, -0.1) is 5.10 Å². The molecule has 0 saturated carbocycles. The zero-order valence-corrected chi connectivity index (χ0v) is 12.0. The molecule has 0 aliphatic rings. The normalized spacial score (nSPS) is 10.8. The van der Waals surface area contributed by atoms with Gasteiger partial charge in [0.05, 0.1) is 19.3 Å². The van der Waals surface area contributed by atoms with Crippen molar-refractivity contribution in [1.29, 1.82) is 0 Å². The minimum atomic E-state index is 0.274. The van der Waals surface area contributed by atoms with E-state index in [0.717, 1.165) is 11.4 Å². The first-order valence-electron chi connectivity index (χ1n) is 6.58. The average Bonchev–Trinajstić information content (AvgIpc) is 2.80. The van der Waals surface area contributed by atoms with Crippen LogP contribution in [0.1, 0.15) is 25.5 Å². The van der Waals surface area contributed by atoms with E-state index in [4.69, 9.17) is 15.2 Å². The van der Waals surface area contributed by atoms with Crippen molar-refractivity contribution in [3.05, 3.63) is 30.0 Å². The number of aromatic nitrogens is 3. The second-order valence-electron chi connectivity index (χ2n) is 4.74. The van der Waals surface area contributed by atoms with E-state index in [9.17, 15) is 0 Å². The van der Waals surface area contributed by atoms with E-state index in [-0.39, 0.29) is 5.92 Å². The Bertz CT molecular complexity index is 566. The molecule has 6 heteroatoms. The molecule has 6 nitrogen and oxygen atoms in total. The molecule has 2 N–H and O–H groups in total. The highest BCUT2D eigenvalue weighted by atomic mass is 16.5. The Kier molecular flexibility index (Phi) is 4.45. The van der Waals surface area contributed by atoms with Gasteiger partial charge in [-0.05, 0) is 18.1 Å². The molecule has 0 unspecified atom stereocenters. The lowest BCUT2D eigenvalue weighted by atomic mass is 10.1. The van der Waals surface area contributed by atoms with E-state index in [1.165, 1.54) is 0 Å². The Balaban J connectivity index is 2.00. The zero-order valence-electron chi connectivity index (χ0n) is 12.0. The molecule has 0 aliphatic carbocycles. The molecular formula is C14H20N4O2. The van der Waals surface area contributed by atoms with Gasteiger partial charge >= 0.3 is 0 Å². The Labute approximate surface area is 118 Å². The summed E-state index contributed by atoms with van der Waals surface area (Å²) in [5, 5.41) is 7.95. The number of rotatable bonds is 6. The predicted molar refractivity (Wildman–Crippen MR) is 77.0 cm³/mol. The van der Waals surface area contributed by atoms with Crippen LogP contribution in [0.5, 0.6) is 11.5 Å². The first-order valence-corrected chi connectivity index (χ1v) is 6.58. The van der Waals surface area contributed by atoms with Crippen molar-refractivity contribution < 1.29 is 9.47 Å². The van der Waals surface area contributed by atoms with Crippen molar-refractivity contribution in [3.63, 3.8) is 0 Å². The summed E-state index contributed by atoms with van der Waals surface area (Å²) in [4.78, 5) is 0. The van der Waals surface area contributed by atoms with Crippen molar-refractivity contribution in [2.75, 3.05) is 19.5 Å². The molecule has 1 heterocycles. The van der Waals surface area contributed by atoms with Crippen LogP contribution in [0.3, 0.4) is 0 Å². The summed E-state index contributed by atoms with van der Waals surface area (Å²) in [6.45, 7) is 5.19. The summed E-state index contributed by atoms with van der Waals surface area (Å²) < 4.78 is 12.7. The van der Waals surface area contributed by atoms with Crippen LogP contribution in [0, 0.1) is 0 Å². The second kappa shape index (κ2) is 6.27. The lowest BCUT2D eigenvalue weighted by molar-refractivity contribution is 0.271. The summed E-state index contributed by atoms with van der Waals surface area (Å²) in [5.41, 5.74) is 6.75. The van der Waals surface area contributed by atoms with E-state index < -0.39 is 0 Å². The zero-order chi connectivity index (χ0) is 14.5. The quantitative estimate of drug-likeness (QED) is 0.874. The van der Waals surface area contributed by atoms with Crippen LogP contribution in [0.25, 0.3) is 0 Å². The highest BCUT2D eigenvalue weighted by Crippen LogP contribution is 2.26. The molecule has 108 valence electrons. The smallest absolute Gasteiger partial charge is 0.169 e. The van der Waals surface area contributed by atoms with Crippen LogP contribution in [-0.4, -0.2) is 28.7 Å². The third-order valence-corrected chi connectivity index (χ3v) is 2.98. The number of nitrogens with two attached hydrogens (primary N) is 1. The standard InChI is InChI=1S/C14H20N4O2/c1-10(2)13-14(15)16-17-18(13)8-9-20-12-7-5-4-6-11(12)19-3/h4-7,10H,8-9,15H2,1-3H3. The van der Waals surface area contributed by atoms with Gasteiger partial charge in [0.25, 0.3) is 0 Å². The van der Waals surface area contributed by atoms with Crippen LogP contribution in [0.2, 0.25) is 0 Å². The first kappa shape index (κ1) is 14.2. The maximum atomic E-state index is 5.82. The Morgan fingerprint density at radius 1 is 1.25 bits per heavy atom. The number of ether oxygens (including phenoxy) is 2. The Morgan fingerprint density at radius 3 is 2.60 bits per heavy atom. The van der Waals surface area contributed by atoms with Crippen LogP contribution in [-0.2, 0) is 6.54 Å². The molecule has 0 aliphatic heterocycles. The number of hydrogen-bond acceptors (Lipinski definition) is 5. The topological polar surface area (TPSA) is 75.2 Å². The van der Waals surface area contributed by atoms with Gasteiger partial charge in [0, 0.05) is 0 Å². The SMILES string of the molecule is COc1ccccc1OCCn1nnc(N)c1C(C)C. The van der Waals surface area contributed by atoms with Crippen LogP contribution >= 0.6 is 0 Å². The van der Waals surface area contributed by atoms with Crippen molar-refractivity contribution in [1.82, 2.24) is 15.0 Å². The van der Waals surface area contributed by atoms with Crippen LogP contribution < -0.4 is 15.2 Å². The number of nitrogen functional groups attached to an aromatic ring is 1. The molecule has 0 spiro atoms. The van der Waals surface area contributed by atoms with Gasteiger partial charge in [0.2, 0.25) is 0 Å². The number of methoxy groups -OCH3 is 1. The largest absolute Gasteiger partial charge is 0.493 e. The molecule has 1 aromatic carbocycles. The van der Waals surface area contributed by atoms with Gasteiger partial charge in [-0.2, -0.15) is 0 Å². The highest BCUT2D eigenvalue weighted by Gasteiger charge is 2.13. The van der Waals surface area contributed by atoms with Crippen molar-refractivity contribution in [2.45, 2.75) is 26.3 Å². The predicted octanol–water partition coefficient (Wildman–Crippen LogP) is 2.07. The lowest BCUT2D eigenvalue weighted by Gasteiger charge is -2.12. The molecule has 0 bridgehead atoms. The molecule has 0 amide bonds. The summed E-state index contributed by atoms with van der Waals surface area (Å²) in [7, 11) is 1.62. The molecule has 2 rings (SSSR count). The minimum Gasteiger partial charge on any atom is -0.493 e. The third kappa shape index (κ3) is 3.01. The molecule has 0 atom stereocenters. The molecule has 0 fully saturated rings. The highest BCUT2D eigenvalue weighted by molar-refractivity contribution is 5.39. The average molecular weight is 276 g/mol. The number of nitrogens with zero attached hydrogens (tertiary/aromatic N) is 3. The van der Waals surface area contributed by atoms with E-state index in [1.54, 1.807) is 11.8 Å². The van der Waals surface area contributed by atoms with Gasteiger partial charge < -0.3 is 15.2 Å². The van der Waals surface area contributed by atoms with Crippen LogP contribution in [0.4, 0.5) is 5.82 Å². The Morgan fingerprint density at radius 2 is 1.95 bits per heavy atom. The van der Waals surface area contributed by atoms with Gasteiger partial charge in [-0.25, -0.2) is 4.68 Å². The maximum Gasteiger partial charge on any atom is 0.169 e. The lowest BCUT2D eigenvalue weighted by Crippen LogP contribution is -2.14. The van der Waals surface area contributed by atoms with Gasteiger partial charge in [-0.3, -0.25) is 0 Å². The third-order valence-electron chi connectivity index (χ3n) is 2.98. The summed E-state index contributed by atoms with van der Waals surface area (Å²) in [6, 6.07) is 7.55. The van der Waals surface area contributed by atoms with Crippen molar-refractivity contribution >= 4 is 5.82 Å². The van der Waals surface area contributed by atoms with E-state index in [2.05, 4.69) is 24.2 Å². The monoisotopic (exact) mass is 276 g/mol.